The number of phenolic OH excluding ortho intramolecular Hbond substituents is 1. The van der Waals surface area contributed by atoms with Gasteiger partial charge in [0.05, 0.1) is 0 Å². The van der Waals surface area contributed by atoms with Gasteiger partial charge in [0.25, 0.3) is 0 Å². The Labute approximate surface area is 163 Å². The predicted octanol–water partition coefficient (Wildman–Crippen LogP) is 8.46. The van der Waals surface area contributed by atoms with Crippen LogP contribution < -0.4 is 0 Å². The van der Waals surface area contributed by atoms with Crippen molar-refractivity contribution in [3.05, 3.63) is 28.8 Å². The SMILES string of the molecule is CCCCCCCCCCCCCCC(C)c1cc(C)c(O)c(CC)c1. The number of aromatic hydroxyl groups is 1. The van der Waals surface area contributed by atoms with Crippen LogP contribution in [0.5, 0.6) is 5.75 Å². The van der Waals surface area contributed by atoms with E-state index < -0.39 is 0 Å². The van der Waals surface area contributed by atoms with Gasteiger partial charge in [-0.15, -0.1) is 0 Å². The Hall–Kier alpha value is -0.980. The summed E-state index contributed by atoms with van der Waals surface area (Å²) in [6.45, 7) is 8.77. The Balaban J connectivity index is 2.08. The second-order valence-corrected chi connectivity index (χ2v) is 8.28. The van der Waals surface area contributed by atoms with E-state index in [1.54, 1.807) is 0 Å². The number of aryl methyl sites for hydroxylation is 2. The van der Waals surface area contributed by atoms with Crippen LogP contribution in [0, 0.1) is 6.92 Å². The van der Waals surface area contributed by atoms with Crippen molar-refractivity contribution in [2.24, 2.45) is 0 Å². The molecule has 26 heavy (non-hydrogen) atoms. The van der Waals surface area contributed by atoms with E-state index in [4.69, 9.17) is 0 Å². The Morgan fingerprint density at radius 1 is 0.769 bits per heavy atom. The highest BCUT2D eigenvalue weighted by Crippen LogP contribution is 2.30. The molecule has 0 aliphatic heterocycles. The first kappa shape index (κ1) is 23.1. The standard InChI is InChI=1S/C25H44O/c1-5-7-8-9-10-11-12-13-14-15-16-17-18-21(3)24-19-22(4)25(26)23(6-2)20-24/h19-21,26H,5-18H2,1-4H3. The lowest BCUT2D eigenvalue weighted by Gasteiger charge is -2.15. The monoisotopic (exact) mass is 360 g/mol. The zero-order valence-electron chi connectivity index (χ0n) is 18.1. The van der Waals surface area contributed by atoms with Crippen LogP contribution in [0.3, 0.4) is 0 Å². The average Bonchev–Trinajstić information content (AvgIpc) is 2.64. The second-order valence-electron chi connectivity index (χ2n) is 8.28. The molecule has 1 nitrogen and oxygen atoms in total. The van der Waals surface area contributed by atoms with Crippen molar-refractivity contribution in [2.75, 3.05) is 0 Å². The van der Waals surface area contributed by atoms with Gasteiger partial charge in [0.1, 0.15) is 5.75 Å². The van der Waals surface area contributed by atoms with Crippen molar-refractivity contribution in [1.29, 1.82) is 0 Å². The Morgan fingerprint density at radius 3 is 1.77 bits per heavy atom. The zero-order chi connectivity index (χ0) is 19.2. The molecular weight excluding hydrogens is 316 g/mol. The molecule has 0 heterocycles. The Bertz CT molecular complexity index is 477. The van der Waals surface area contributed by atoms with E-state index in [0.29, 0.717) is 11.7 Å². The number of phenols is 1. The summed E-state index contributed by atoms with van der Waals surface area (Å²) in [7, 11) is 0. The second kappa shape index (κ2) is 14.1. The van der Waals surface area contributed by atoms with E-state index in [9.17, 15) is 5.11 Å². The topological polar surface area (TPSA) is 20.2 Å². The van der Waals surface area contributed by atoms with Crippen molar-refractivity contribution in [3.63, 3.8) is 0 Å². The van der Waals surface area contributed by atoms with E-state index in [1.165, 1.54) is 89.0 Å². The van der Waals surface area contributed by atoms with Gasteiger partial charge in [-0.3, -0.25) is 0 Å². The van der Waals surface area contributed by atoms with Crippen molar-refractivity contribution >= 4 is 0 Å². The highest BCUT2D eigenvalue weighted by molar-refractivity contribution is 5.43. The molecule has 1 aromatic carbocycles. The van der Waals surface area contributed by atoms with E-state index in [1.807, 2.05) is 6.92 Å². The van der Waals surface area contributed by atoms with Gasteiger partial charge in [0.2, 0.25) is 0 Å². The number of unbranched alkanes of at least 4 members (excludes halogenated alkanes) is 11. The van der Waals surface area contributed by atoms with Crippen LogP contribution in [0.1, 0.15) is 127 Å². The third-order valence-corrected chi connectivity index (χ3v) is 5.84. The molecule has 0 aliphatic rings. The first-order valence-electron chi connectivity index (χ1n) is 11.4. The van der Waals surface area contributed by atoms with Gasteiger partial charge in [-0.1, -0.05) is 110 Å². The van der Waals surface area contributed by atoms with E-state index in [-0.39, 0.29) is 0 Å². The van der Waals surface area contributed by atoms with Gasteiger partial charge < -0.3 is 5.11 Å². The third kappa shape index (κ3) is 9.10. The van der Waals surface area contributed by atoms with Crippen molar-refractivity contribution in [2.45, 2.75) is 124 Å². The summed E-state index contributed by atoms with van der Waals surface area (Å²) in [5.41, 5.74) is 3.53. The summed E-state index contributed by atoms with van der Waals surface area (Å²) in [6.07, 6.45) is 19.1. The molecule has 1 aromatic rings. The molecule has 1 rings (SSSR count). The number of rotatable bonds is 15. The fourth-order valence-electron chi connectivity index (χ4n) is 3.90. The molecule has 1 unspecified atom stereocenters. The molecule has 150 valence electrons. The minimum atomic E-state index is 0.494. The summed E-state index contributed by atoms with van der Waals surface area (Å²) < 4.78 is 0. The van der Waals surface area contributed by atoms with Crippen LogP contribution in [-0.2, 0) is 6.42 Å². The van der Waals surface area contributed by atoms with Crippen LogP contribution in [0.25, 0.3) is 0 Å². The van der Waals surface area contributed by atoms with E-state index in [0.717, 1.165) is 17.5 Å². The minimum absolute atomic E-state index is 0.494. The maximum atomic E-state index is 10.1. The highest BCUT2D eigenvalue weighted by atomic mass is 16.3. The van der Waals surface area contributed by atoms with Crippen LogP contribution >= 0.6 is 0 Å². The molecule has 1 heteroatoms. The summed E-state index contributed by atoms with van der Waals surface area (Å²) >= 11 is 0. The third-order valence-electron chi connectivity index (χ3n) is 5.84. The zero-order valence-corrected chi connectivity index (χ0v) is 18.1. The van der Waals surface area contributed by atoms with Gasteiger partial charge in [-0.25, -0.2) is 0 Å². The number of benzene rings is 1. The van der Waals surface area contributed by atoms with Crippen LogP contribution in [0.4, 0.5) is 0 Å². The first-order valence-corrected chi connectivity index (χ1v) is 11.4. The molecule has 0 spiro atoms. The lowest BCUT2D eigenvalue weighted by molar-refractivity contribution is 0.463. The molecule has 0 aromatic heterocycles. The fourth-order valence-corrected chi connectivity index (χ4v) is 3.90. The van der Waals surface area contributed by atoms with Crippen LogP contribution in [0.15, 0.2) is 12.1 Å². The van der Waals surface area contributed by atoms with Gasteiger partial charge >= 0.3 is 0 Å². The number of hydrogen-bond acceptors (Lipinski definition) is 1. The summed E-state index contributed by atoms with van der Waals surface area (Å²) in [6, 6.07) is 4.40. The lowest BCUT2D eigenvalue weighted by Crippen LogP contribution is -1.97. The Kier molecular flexibility index (Phi) is 12.5. The molecule has 1 atom stereocenters. The molecule has 0 aliphatic carbocycles. The highest BCUT2D eigenvalue weighted by Gasteiger charge is 2.10. The van der Waals surface area contributed by atoms with Crippen LogP contribution in [-0.4, -0.2) is 5.11 Å². The summed E-state index contributed by atoms with van der Waals surface area (Å²) in [5.74, 6) is 1.09. The summed E-state index contributed by atoms with van der Waals surface area (Å²) in [4.78, 5) is 0. The smallest absolute Gasteiger partial charge is 0.121 e. The Morgan fingerprint density at radius 2 is 1.27 bits per heavy atom. The molecule has 0 radical (unpaired) electrons. The lowest BCUT2D eigenvalue weighted by atomic mass is 9.91. The molecule has 0 amide bonds. The summed E-state index contributed by atoms with van der Waals surface area (Å²) in [5, 5.41) is 10.1. The molecule has 0 fully saturated rings. The largest absolute Gasteiger partial charge is 0.507 e. The maximum Gasteiger partial charge on any atom is 0.121 e. The van der Waals surface area contributed by atoms with Crippen molar-refractivity contribution in [1.82, 2.24) is 0 Å². The average molecular weight is 361 g/mol. The predicted molar refractivity (Wildman–Crippen MR) is 116 cm³/mol. The van der Waals surface area contributed by atoms with Gasteiger partial charge in [0, 0.05) is 0 Å². The van der Waals surface area contributed by atoms with Gasteiger partial charge in [0.15, 0.2) is 0 Å². The van der Waals surface area contributed by atoms with E-state index in [2.05, 4.69) is 32.9 Å². The number of hydrogen-bond donors (Lipinski definition) is 1. The molecule has 0 bridgehead atoms. The molecule has 0 saturated carbocycles. The van der Waals surface area contributed by atoms with Crippen molar-refractivity contribution in [3.8, 4) is 5.75 Å². The minimum Gasteiger partial charge on any atom is -0.507 e. The van der Waals surface area contributed by atoms with E-state index >= 15 is 0 Å². The van der Waals surface area contributed by atoms with Crippen molar-refractivity contribution < 1.29 is 5.11 Å². The normalized spacial score (nSPS) is 12.5. The molecular formula is C25H44O. The fraction of sp³-hybridized carbons (Fsp3) is 0.760. The molecule has 0 saturated heterocycles. The van der Waals surface area contributed by atoms with Crippen LogP contribution in [0.2, 0.25) is 0 Å². The van der Waals surface area contributed by atoms with Gasteiger partial charge in [-0.05, 0) is 42.4 Å². The quantitative estimate of drug-likeness (QED) is 0.311. The van der Waals surface area contributed by atoms with Gasteiger partial charge in [-0.2, -0.15) is 0 Å². The molecule has 1 N–H and O–H groups in total. The maximum absolute atomic E-state index is 10.1. The first-order chi connectivity index (χ1) is 12.6.